The fourth-order valence-corrected chi connectivity index (χ4v) is 1.30. The number of carbonyl (C=O) groups is 1. The van der Waals surface area contributed by atoms with Gasteiger partial charge in [-0.15, -0.1) is 0 Å². The summed E-state index contributed by atoms with van der Waals surface area (Å²) in [5.74, 6) is 0.0977. The molecule has 0 saturated carbocycles. The third-order valence-corrected chi connectivity index (χ3v) is 2.05. The molecule has 0 unspecified atom stereocenters. The summed E-state index contributed by atoms with van der Waals surface area (Å²) in [7, 11) is 0. The van der Waals surface area contributed by atoms with E-state index in [4.69, 9.17) is 10.5 Å². The highest BCUT2D eigenvalue weighted by molar-refractivity contribution is 5.90. The van der Waals surface area contributed by atoms with Crippen molar-refractivity contribution in [3.63, 3.8) is 0 Å². The third kappa shape index (κ3) is 3.41. The second-order valence-electron chi connectivity index (χ2n) is 3.44. The third-order valence-electron chi connectivity index (χ3n) is 2.05. The lowest BCUT2D eigenvalue weighted by atomic mass is 10.2. The summed E-state index contributed by atoms with van der Waals surface area (Å²) in [6, 6.07) is 9.15. The van der Waals surface area contributed by atoms with Crippen molar-refractivity contribution < 1.29 is 9.53 Å². The summed E-state index contributed by atoms with van der Waals surface area (Å²) in [6.45, 7) is 0. The van der Waals surface area contributed by atoms with Crippen LogP contribution in [0.1, 0.15) is 5.56 Å². The number of amides is 1. The molecule has 0 spiro atoms. The maximum Gasteiger partial charge on any atom is 0.321 e. The molecule has 2 N–H and O–H groups in total. The highest BCUT2D eigenvalue weighted by Crippen LogP contribution is 2.19. The van der Waals surface area contributed by atoms with Crippen molar-refractivity contribution in [3.8, 4) is 11.8 Å². The van der Waals surface area contributed by atoms with E-state index >= 15 is 0 Å². The molecule has 1 amide bonds. The molecule has 90 valence electrons. The Bertz CT molecular complexity index is 567. The van der Waals surface area contributed by atoms with Crippen molar-refractivity contribution in [2.75, 3.05) is 0 Å². The molecule has 0 radical (unpaired) electrons. The molecular formula is C13H11N3O2. The maximum absolute atomic E-state index is 10.6. The summed E-state index contributed by atoms with van der Waals surface area (Å²) in [6.07, 6.45) is 6.09. The summed E-state index contributed by atoms with van der Waals surface area (Å²) in [4.78, 5) is 18.5. The molecule has 1 aromatic heterocycles. The molecule has 0 fully saturated rings. The smallest absolute Gasteiger partial charge is 0.321 e. The molecule has 0 aliphatic rings. The van der Waals surface area contributed by atoms with E-state index in [1.54, 1.807) is 42.7 Å². The molecular weight excluding hydrogens is 230 g/mol. The highest BCUT2D eigenvalue weighted by atomic mass is 16.5. The standard InChI is InChI=1S/C13H11N3O2/c14-12(17)6-5-10-3-1-4-11(9-10)18-13-15-7-2-8-16-13/h1-9H,(H2,14,17)/b6-5-. The Hall–Kier alpha value is -2.69. The van der Waals surface area contributed by atoms with Gasteiger partial charge in [-0.25, -0.2) is 9.97 Å². The van der Waals surface area contributed by atoms with Crippen LogP contribution in [0.15, 0.2) is 48.8 Å². The van der Waals surface area contributed by atoms with Crippen molar-refractivity contribution in [1.82, 2.24) is 9.97 Å². The van der Waals surface area contributed by atoms with Crippen LogP contribution < -0.4 is 10.5 Å². The number of benzene rings is 1. The number of nitrogens with two attached hydrogens (primary N) is 1. The van der Waals surface area contributed by atoms with Gasteiger partial charge in [-0.2, -0.15) is 0 Å². The zero-order valence-electron chi connectivity index (χ0n) is 9.48. The van der Waals surface area contributed by atoms with E-state index in [1.165, 1.54) is 6.08 Å². The van der Waals surface area contributed by atoms with E-state index in [2.05, 4.69) is 9.97 Å². The van der Waals surface area contributed by atoms with Gasteiger partial charge in [0.2, 0.25) is 5.91 Å². The van der Waals surface area contributed by atoms with Gasteiger partial charge in [-0.3, -0.25) is 4.79 Å². The normalized spacial score (nSPS) is 10.4. The first-order chi connectivity index (χ1) is 8.74. The Morgan fingerprint density at radius 3 is 2.72 bits per heavy atom. The largest absolute Gasteiger partial charge is 0.424 e. The zero-order valence-corrected chi connectivity index (χ0v) is 9.48. The van der Waals surface area contributed by atoms with Crippen LogP contribution >= 0.6 is 0 Å². The minimum atomic E-state index is -0.493. The topological polar surface area (TPSA) is 78.1 Å². The predicted octanol–water partition coefficient (Wildman–Crippen LogP) is 1.77. The minimum Gasteiger partial charge on any atom is -0.424 e. The van der Waals surface area contributed by atoms with Crippen LogP contribution in [0.3, 0.4) is 0 Å². The van der Waals surface area contributed by atoms with Crippen LogP contribution in [0.25, 0.3) is 6.08 Å². The molecule has 18 heavy (non-hydrogen) atoms. The first kappa shape index (κ1) is 11.8. The van der Waals surface area contributed by atoms with Crippen LogP contribution in [-0.2, 0) is 4.79 Å². The summed E-state index contributed by atoms with van der Waals surface area (Å²) in [5, 5.41) is 0. The summed E-state index contributed by atoms with van der Waals surface area (Å²) in [5.41, 5.74) is 5.83. The molecule has 0 aliphatic heterocycles. The lowest BCUT2D eigenvalue weighted by Gasteiger charge is -2.03. The molecule has 0 bridgehead atoms. The average molecular weight is 241 g/mol. The van der Waals surface area contributed by atoms with Gasteiger partial charge >= 0.3 is 6.01 Å². The molecule has 1 heterocycles. The van der Waals surface area contributed by atoms with E-state index in [0.717, 1.165) is 5.56 Å². The fraction of sp³-hybridized carbons (Fsp3) is 0. The summed E-state index contributed by atoms with van der Waals surface area (Å²) < 4.78 is 5.45. The van der Waals surface area contributed by atoms with E-state index in [1.807, 2.05) is 6.07 Å². The number of hydrogen-bond acceptors (Lipinski definition) is 4. The molecule has 2 rings (SSSR count). The van der Waals surface area contributed by atoms with Gasteiger partial charge < -0.3 is 10.5 Å². The number of aromatic nitrogens is 2. The van der Waals surface area contributed by atoms with Crippen molar-refractivity contribution >= 4 is 12.0 Å². The van der Waals surface area contributed by atoms with Gasteiger partial charge in [0, 0.05) is 18.5 Å². The second kappa shape index (κ2) is 5.58. The first-order valence-corrected chi connectivity index (χ1v) is 5.26. The minimum absolute atomic E-state index is 0.272. The molecule has 5 heteroatoms. The van der Waals surface area contributed by atoms with Crippen LogP contribution in [0, 0.1) is 0 Å². The van der Waals surface area contributed by atoms with Crippen molar-refractivity contribution in [3.05, 3.63) is 54.4 Å². The van der Waals surface area contributed by atoms with E-state index in [9.17, 15) is 4.79 Å². The quantitative estimate of drug-likeness (QED) is 0.827. The lowest BCUT2D eigenvalue weighted by Crippen LogP contribution is -2.05. The molecule has 0 aliphatic carbocycles. The molecule has 5 nitrogen and oxygen atoms in total. The molecule has 2 aromatic rings. The van der Waals surface area contributed by atoms with Crippen LogP contribution in [0.2, 0.25) is 0 Å². The van der Waals surface area contributed by atoms with Crippen LogP contribution in [0.5, 0.6) is 11.8 Å². The number of rotatable bonds is 4. The predicted molar refractivity (Wildman–Crippen MR) is 66.8 cm³/mol. The number of nitrogens with zero attached hydrogens (tertiary/aromatic N) is 2. The molecule has 1 aromatic carbocycles. The Morgan fingerprint density at radius 2 is 2.00 bits per heavy atom. The van der Waals surface area contributed by atoms with Crippen molar-refractivity contribution in [2.24, 2.45) is 5.73 Å². The van der Waals surface area contributed by atoms with Crippen molar-refractivity contribution in [2.45, 2.75) is 0 Å². The molecule has 0 atom stereocenters. The Kier molecular flexibility index (Phi) is 3.66. The Morgan fingerprint density at radius 1 is 1.22 bits per heavy atom. The monoisotopic (exact) mass is 241 g/mol. The number of primary amides is 1. The second-order valence-corrected chi connectivity index (χ2v) is 3.44. The van der Waals surface area contributed by atoms with E-state index < -0.39 is 5.91 Å². The number of ether oxygens (including phenoxy) is 1. The van der Waals surface area contributed by atoms with Crippen LogP contribution in [0.4, 0.5) is 0 Å². The van der Waals surface area contributed by atoms with E-state index in [0.29, 0.717) is 5.75 Å². The Balaban J connectivity index is 2.15. The Labute approximate surface area is 104 Å². The average Bonchev–Trinajstić information content (AvgIpc) is 2.38. The van der Waals surface area contributed by atoms with Gasteiger partial charge in [0.15, 0.2) is 0 Å². The zero-order chi connectivity index (χ0) is 12.8. The molecule has 0 saturated heterocycles. The van der Waals surface area contributed by atoms with E-state index in [-0.39, 0.29) is 6.01 Å². The van der Waals surface area contributed by atoms with Gasteiger partial charge in [0.1, 0.15) is 5.75 Å². The van der Waals surface area contributed by atoms with Gasteiger partial charge in [0.05, 0.1) is 0 Å². The highest BCUT2D eigenvalue weighted by Gasteiger charge is 1.99. The van der Waals surface area contributed by atoms with Crippen molar-refractivity contribution in [1.29, 1.82) is 0 Å². The lowest BCUT2D eigenvalue weighted by molar-refractivity contribution is -0.113. The maximum atomic E-state index is 10.6. The summed E-state index contributed by atoms with van der Waals surface area (Å²) >= 11 is 0. The number of hydrogen-bond donors (Lipinski definition) is 1. The van der Waals surface area contributed by atoms with Gasteiger partial charge in [0.25, 0.3) is 0 Å². The van der Waals surface area contributed by atoms with Gasteiger partial charge in [-0.1, -0.05) is 12.1 Å². The first-order valence-electron chi connectivity index (χ1n) is 5.26. The fourth-order valence-electron chi connectivity index (χ4n) is 1.30. The van der Waals surface area contributed by atoms with Gasteiger partial charge in [-0.05, 0) is 29.8 Å². The van der Waals surface area contributed by atoms with Crippen LogP contribution in [-0.4, -0.2) is 15.9 Å². The number of carbonyl (C=O) groups excluding carboxylic acids is 1. The SMILES string of the molecule is NC(=O)/C=C\c1cccc(Oc2ncccn2)c1.